The summed E-state index contributed by atoms with van der Waals surface area (Å²) in [5, 5.41) is 0.560. The number of benzene rings is 1. The van der Waals surface area contributed by atoms with E-state index in [4.69, 9.17) is 4.74 Å². The van der Waals surface area contributed by atoms with Crippen LogP contribution in [-0.2, 0) is 6.54 Å². The first-order valence-corrected chi connectivity index (χ1v) is 6.66. The third-order valence-electron chi connectivity index (χ3n) is 3.07. The Bertz CT molecular complexity index is 733. The van der Waals surface area contributed by atoms with Gasteiger partial charge in [-0.15, -0.1) is 0 Å². The van der Waals surface area contributed by atoms with Crippen LogP contribution >= 0.6 is 22.6 Å². The van der Waals surface area contributed by atoms with E-state index < -0.39 is 0 Å². The van der Waals surface area contributed by atoms with Crippen molar-refractivity contribution in [3.05, 3.63) is 37.7 Å². The maximum absolute atomic E-state index is 12.3. The van der Waals surface area contributed by atoms with Gasteiger partial charge in [0.05, 0.1) is 23.0 Å². The Morgan fingerprint density at radius 1 is 1.44 bits per heavy atom. The summed E-state index contributed by atoms with van der Waals surface area (Å²) in [7, 11) is 0. The van der Waals surface area contributed by atoms with Crippen LogP contribution in [0.1, 0.15) is 17.3 Å². The number of ether oxygens (including phenoxy) is 1. The number of carbonyl (C=O) groups excluding carboxylic acids is 1. The first-order chi connectivity index (χ1) is 8.58. The van der Waals surface area contributed by atoms with Gasteiger partial charge in [-0.1, -0.05) is 0 Å². The lowest BCUT2D eigenvalue weighted by molar-refractivity contribution is 0.101. The Hall–Kier alpha value is -1.37. The van der Waals surface area contributed by atoms with Gasteiger partial charge in [-0.2, -0.15) is 0 Å². The fourth-order valence-corrected chi connectivity index (χ4v) is 2.85. The van der Waals surface area contributed by atoms with Crippen LogP contribution < -0.4 is 10.2 Å². The van der Waals surface area contributed by atoms with Gasteiger partial charge < -0.3 is 9.30 Å². The Morgan fingerprint density at radius 2 is 2.22 bits per heavy atom. The Balaban J connectivity index is 2.52. The van der Waals surface area contributed by atoms with E-state index in [0.29, 0.717) is 18.5 Å². The van der Waals surface area contributed by atoms with Crippen molar-refractivity contribution in [2.75, 3.05) is 6.61 Å². The second-order valence-electron chi connectivity index (χ2n) is 4.27. The predicted octanol–water partition coefficient (Wildman–Crippen LogP) is 2.20. The molecule has 1 aromatic heterocycles. The van der Waals surface area contributed by atoms with E-state index in [1.807, 2.05) is 10.6 Å². The monoisotopic (exact) mass is 355 g/mol. The standard InChI is InChI=1S/C13H10INO3/c1-7(16)10-6-15-2-3-18-11-5-8(14)4-9(12(11)15)13(10)17/h4-6H,2-3H2,1H3. The van der Waals surface area contributed by atoms with Crippen molar-refractivity contribution in [2.24, 2.45) is 0 Å². The van der Waals surface area contributed by atoms with Crippen molar-refractivity contribution < 1.29 is 9.53 Å². The number of ketones is 1. The maximum atomic E-state index is 12.3. The third kappa shape index (κ3) is 1.65. The highest BCUT2D eigenvalue weighted by Crippen LogP contribution is 2.29. The quantitative estimate of drug-likeness (QED) is 0.582. The van der Waals surface area contributed by atoms with Crippen molar-refractivity contribution in [1.82, 2.24) is 4.57 Å². The molecule has 4 nitrogen and oxygen atoms in total. The van der Waals surface area contributed by atoms with Crippen molar-refractivity contribution >= 4 is 39.3 Å². The van der Waals surface area contributed by atoms with Crippen molar-refractivity contribution in [1.29, 1.82) is 0 Å². The Labute approximate surface area is 117 Å². The Kier molecular flexibility index (Phi) is 2.65. The molecule has 1 aromatic carbocycles. The van der Waals surface area contributed by atoms with Crippen molar-refractivity contribution in [2.45, 2.75) is 13.5 Å². The topological polar surface area (TPSA) is 48.3 Å². The number of hydrogen-bond acceptors (Lipinski definition) is 3. The van der Waals surface area contributed by atoms with Crippen LogP contribution in [0.25, 0.3) is 10.9 Å². The van der Waals surface area contributed by atoms with Crippen LogP contribution in [0, 0.1) is 3.57 Å². The van der Waals surface area contributed by atoms with Crippen molar-refractivity contribution in [3.63, 3.8) is 0 Å². The number of Topliss-reactive ketones (excluding diaryl/α,β-unsaturated/α-hetero) is 1. The summed E-state index contributed by atoms with van der Waals surface area (Å²) in [5.74, 6) is 0.521. The average Bonchev–Trinajstić information content (AvgIpc) is 2.32. The number of hydrogen-bond donors (Lipinski definition) is 0. The number of rotatable bonds is 1. The molecule has 5 heteroatoms. The zero-order valence-electron chi connectivity index (χ0n) is 9.70. The summed E-state index contributed by atoms with van der Waals surface area (Å²) >= 11 is 2.15. The largest absolute Gasteiger partial charge is 0.489 e. The summed E-state index contributed by atoms with van der Waals surface area (Å²) in [4.78, 5) is 23.8. The minimum atomic E-state index is -0.209. The van der Waals surface area contributed by atoms with E-state index in [2.05, 4.69) is 22.6 Å². The molecule has 0 fully saturated rings. The number of nitrogens with zero attached hydrogens (tertiary/aromatic N) is 1. The molecule has 0 spiro atoms. The summed E-state index contributed by atoms with van der Waals surface area (Å²) in [5.41, 5.74) is 0.827. The van der Waals surface area contributed by atoms with Gasteiger partial charge in [0, 0.05) is 9.77 Å². The van der Waals surface area contributed by atoms with Gasteiger partial charge in [0.15, 0.2) is 11.2 Å². The predicted molar refractivity (Wildman–Crippen MR) is 76.4 cm³/mol. The molecule has 0 bridgehead atoms. The molecule has 0 N–H and O–H groups in total. The number of pyridine rings is 1. The van der Waals surface area contributed by atoms with Crippen LogP contribution in [-0.4, -0.2) is 17.0 Å². The zero-order chi connectivity index (χ0) is 12.9. The van der Waals surface area contributed by atoms with Gasteiger partial charge in [-0.25, -0.2) is 0 Å². The number of aromatic nitrogens is 1. The van der Waals surface area contributed by atoms with E-state index in [-0.39, 0.29) is 16.8 Å². The van der Waals surface area contributed by atoms with Gasteiger partial charge in [-0.3, -0.25) is 9.59 Å². The molecular weight excluding hydrogens is 345 g/mol. The van der Waals surface area contributed by atoms with Crippen molar-refractivity contribution in [3.8, 4) is 5.75 Å². The second kappa shape index (κ2) is 4.08. The highest BCUT2D eigenvalue weighted by atomic mass is 127. The van der Waals surface area contributed by atoms with Gasteiger partial charge in [0.1, 0.15) is 12.4 Å². The van der Waals surface area contributed by atoms with Crippen LogP contribution in [0.5, 0.6) is 5.75 Å². The van der Waals surface area contributed by atoms with Gasteiger partial charge in [0.2, 0.25) is 0 Å². The molecule has 0 unspecified atom stereocenters. The fraction of sp³-hybridized carbons (Fsp3) is 0.231. The summed E-state index contributed by atoms with van der Waals surface area (Å²) < 4.78 is 8.45. The second-order valence-corrected chi connectivity index (χ2v) is 5.52. The molecule has 0 radical (unpaired) electrons. The minimum absolute atomic E-state index is 0.197. The lowest BCUT2D eigenvalue weighted by Gasteiger charge is -2.21. The van der Waals surface area contributed by atoms with E-state index in [9.17, 15) is 9.59 Å². The average molecular weight is 355 g/mol. The number of halogens is 1. The van der Waals surface area contributed by atoms with Crippen LogP contribution in [0.2, 0.25) is 0 Å². The minimum Gasteiger partial charge on any atom is -0.489 e. The summed E-state index contributed by atoms with van der Waals surface area (Å²) in [6, 6.07) is 3.71. The molecule has 3 rings (SSSR count). The smallest absolute Gasteiger partial charge is 0.200 e. The van der Waals surface area contributed by atoms with E-state index in [1.165, 1.54) is 6.92 Å². The molecule has 1 aliphatic heterocycles. The molecule has 0 saturated heterocycles. The highest BCUT2D eigenvalue weighted by Gasteiger charge is 2.19. The normalized spacial score (nSPS) is 13.4. The molecule has 0 saturated carbocycles. The molecule has 2 heterocycles. The molecule has 1 aliphatic rings. The number of carbonyl (C=O) groups is 1. The van der Waals surface area contributed by atoms with Crippen LogP contribution in [0.15, 0.2) is 23.1 Å². The van der Waals surface area contributed by atoms with E-state index >= 15 is 0 Å². The third-order valence-corrected chi connectivity index (χ3v) is 3.69. The molecule has 0 aliphatic carbocycles. The fourth-order valence-electron chi connectivity index (χ4n) is 2.26. The van der Waals surface area contributed by atoms with E-state index in [1.54, 1.807) is 12.3 Å². The SMILES string of the molecule is CC(=O)c1cn2c3c(cc(I)cc3c1=O)OCC2. The molecular formula is C13H10INO3. The highest BCUT2D eigenvalue weighted by molar-refractivity contribution is 14.1. The first-order valence-electron chi connectivity index (χ1n) is 5.58. The summed E-state index contributed by atoms with van der Waals surface area (Å²) in [6.07, 6.45) is 1.64. The van der Waals surface area contributed by atoms with Gasteiger partial charge in [0.25, 0.3) is 0 Å². The van der Waals surface area contributed by atoms with Crippen LogP contribution in [0.4, 0.5) is 0 Å². The molecule has 0 atom stereocenters. The lowest BCUT2D eigenvalue weighted by atomic mass is 10.1. The van der Waals surface area contributed by atoms with Gasteiger partial charge >= 0.3 is 0 Å². The molecule has 18 heavy (non-hydrogen) atoms. The Morgan fingerprint density at radius 3 is 2.94 bits per heavy atom. The van der Waals surface area contributed by atoms with E-state index in [0.717, 1.165) is 14.8 Å². The molecule has 92 valence electrons. The molecule has 2 aromatic rings. The first kappa shape index (κ1) is 11.7. The maximum Gasteiger partial charge on any atom is 0.200 e. The summed E-state index contributed by atoms with van der Waals surface area (Å²) in [6.45, 7) is 2.64. The zero-order valence-corrected chi connectivity index (χ0v) is 11.9. The molecule has 0 amide bonds. The van der Waals surface area contributed by atoms with Crippen LogP contribution in [0.3, 0.4) is 0 Å². The lowest BCUT2D eigenvalue weighted by Crippen LogP contribution is -2.23. The van der Waals surface area contributed by atoms with Gasteiger partial charge in [-0.05, 0) is 41.6 Å².